The number of hydrogen-bond acceptors (Lipinski definition) is 2. The molecule has 1 atom stereocenters. The van der Waals surface area contributed by atoms with Crippen molar-refractivity contribution in [3.8, 4) is 0 Å². The van der Waals surface area contributed by atoms with Gasteiger partial charge in [0.1, 0.15) is 12.6 Å². The molecule has 0 aromatic heterocycles. The van der Waals surface area contributed by atoms with E-state index in [0.29, 0.717) is 6.42 Å². The smallest absolute Gasteiger partial charge is 0.410 e. The fourth-order valence-corrected chi connectivity index (χ4v) is 2.13. The van der Waals surface area contributed by atoms with Gasteiger partial charge >= 0.3 is 12.3 Å². The molecule has 19 heavy (non-hydrogen) atoms. The molecule has 1 saturated heterocycles. The number of alkyl halides is 3. The zero-order valence-corrected chi connectivity index (χ0v) is 10.2. The zero-order chi connectivity index (χ0) is 13.9. The van der Waals surface area contributed by atoms with Gasteiger partial charge in [-0.1, -0.05) is 30.3 Å². The summed E-state index contributed by atoms with van der Waals surface area (Å²) in [5, 5.41) is 0. The van der Waals surface area contributed by atoms with E-state index in [9.17, 15) is 18.0 Å². The quantitative estimate of drug-likeness (QED) is 0.827. The van der Waals surface area contributed by atoms with Crippen LogP contribution in [0.3, 0.4) is 0 Å². The van der Waals surface area contributed by atoms with Crippen molar-refractivity contribution in [1.29, 1.82) is 0 Å². The summed E-state index contributed by atoms with van der Waals surface area (Å²) >= 11 is 0. The molecular formula is C13H14F3NO2. The number of amides is 1. The predicted octanol–water partition coefficient (Wildman–Crippen LogP) is 3.35. The molecule has 0 radical (unpaired) electrons. The summed E-state index contributed by atoms with van der Waals surface area (Å²) in [4.78, 5) is 12.4. The van der Waals surface area contributed by atoms with Gasteiger partial charge in [0.2, 0.25) is 0 Å². The maximum absolute atomic E-state index is 12.7. The van der Waals surface area contributed by atoms with Crippen molar-refractivity contribution in [3.63, 3.8) is 0 Å². The molecule has 2 rings (SSSR count). The van der Waals surface area contributed by atoms with Gasteiger partial charge in [0.25, 0.3) is 0 Å². The molecule has 0 saturated carbocycles. The highest BCUT2D eigenvalue weighted by Gasteiger charge is 2.48. The van der Waals surface area contributed by atoms with E-state index >= 15 is 0 Å². The van der Waals surface area contributed by atoms with Gasteiger partial charge in [-0.05, 0) is 18.4 Å². The molecule has 0 N–H and O–H groups in total. The van der Waals surface area contributed by atoms with Gasteiger partial charge in [0.05, 0.1) is 0 Å². The summed E-state index contributed by atoms with van der Waals surface area (Å²) in [6.07, 6.45) is -4.99. The Morgan fingerprint density at radius 2 is 2.00 bits per heavy atom. The molecular weight excluding hydrogens is 259 g/mol. The lowest BCUT2D eigenvalue weighted by Gasteiger charge is -2.25. The Bertz CT molecular complexity index is 433. The minimum Gasteiger partial charge on any atom is -0.445 e. The molecule has 1 unspecified atom stereocenters. The van der Waals surface area contributed by atoms with Crippen LogP contribution in [-0.2, 0) is 11.3 Å². The van der Waals surface area contributed by atoms with E-state index in [1.807, 2.05) is 6.07 Å². The summed E-state index contributed by atoms with van der Waals surface area (Å²) in [5.74, 6) is 0. The number of likely N-dealkylation sites (tertiary alicyclic amines) is 1. The number of carbonyl (C=O) groups excluding carboxylic acids is 1. The maximum Gasteiger partial charge on any atom is 0.410 e. The molecule has 0 spiro atoms. The second-order valence-electron chi connectivity index (χ2n) is 4.43. The molecule has 1 heterocycles. The molecule has 0 aliphatic carbocycles. The molecule has 0 bridgehead atoms. The molecule has 104 valence electrons. The zero-order valence-electron chi connectivity index (χ0n) is 10.2. The van der Waals surface area contributed by atoms with E-state index in [1.54, 1.807) is 24.3 Å². The largest absolute Gasteiger partial charge is 0.445 e. The second kappa shape index (κ2) is 5.50. The van der Waals surface area contributed by atoms with Gasteiger partial charge in [-0.15, -0.1) is 0 Å². The van der Waals surface area contributed by atoms with Gasteiger partial charge in [0, 0.05) is 6.54 Å². The Balaban J connectivity index is 1.93. The van der Waals surface area contributed by atoms with Gasteiger partial charge in [-0.2, -0.15) is 13.2 Å². The fraction of sp³-hybridized carbons (Fsp3) is 0.462. The monoisotopic (exact) mass is 273 g/mol. The van der Waals surface area contributed by atoms with Crippen molar-refractivity contribution in [2.45, 2.75) is 31.7 Å². The van der Waals surface area contributed by atoms with Crippen molar-refractivity contribution in [2.24, 2.45) is 0 Å². The first kappa shape index (κ1) is 13.7. The molecule has 1 aromatic rings. The Hall–Kier alpha value is -1.72. The molecule has 1 fully saturated rings. The first-order valence-corrected chi connectivity index (χ1v) is 6.02. The highest BCUT2D eigenvalue weighted by molar-refractivity contribution is 5.68. The Morgan fingerprint density at radius 3 is 2.63 bits per heavy atom. The van der Waals surface area contributed by atoms with Gasteiger partial charge < -0.3 is 4.74 Å². The minimum absolute atomic E-state index is 0.0131. The molecule has 3 nitrogen and oxygen atoms in total. The van der Waals surface area contributed by atoms with E-state index in [-0.39, 0.29) is 19.6 Å². The van der Waals surface area contributed by atoms with Crippen LogP contribution in [0.5, 0.6) is 0 Å². The van der Waals surface area contributed by atoms with E-state index in [0.717, 1.165) is 10.5 Å². The summed E-state index contributed by atoms with van der Waals surface area (Å²) in [5.41, 5.74) is 0.749. The standard InChI is InChI=1S/C13H14F3NO2/c14-13(15,16)11-7-4-8-17(11)12(18)19-9-10-5-2-1-3-6-10/h1-3,5-6,11H,4,7-9H2. The van der Waals surface area contributed by atoms with E-state index in [4.69, 9.17) is 4.74 Å². The Morgan fingerprint density at radius 1 is 1.32 bits per heavy atom. The molecule has 1 amide bonds. The Kier molecular flexibility index (Phi) is 3.97. The number of benzene rings is 1. The Labute approximate surface area is 109 Å². The lowest BCUT2D eigenvalue weighted by Crippen LogP contribution is -2.44. The van der Waals surface area contributed by atoms with Crippen molar-refractivity contribution in [3.05, 3.63) is 35.9 Å². The minimum atomic E-state index is -4.39. The first-order valence-electron chi connectivity index (χ1n) is 6.02. The average Bonchev–Trinajstić information content (AvgIpc) is 2.86. The van der Waals surface area contributed by atoms with Crippen LogP contribution in [0.1, 0.15) is 18.4 Å². The summed E-state index contributed by atoms with van der Waals surface area (Å²) in [6, 6.07) is 7.15. The number of hydrogen-bond donors (Lipinski definition) is 0. The van der Waals surface area contributed by atoms with Crippen LogP contribution < -0.4 is 0 Å². The van der Waals surface area contributed by atoms with Crippen LogP contribution >= 0.6 is 0 Å². The SMILES string of the molecule is O=C(OCc1ccccc1)N1CCCC1C(F)(F)F. The molecule has 1 aromatic carbocycles. The summed E-state index contributed by atoms with van der Waals surface area (Å²) in [6.45, 7) is 0.0819. The van der Waals surface area contributed by atoms with E-state index in [1.165, 1.54) is 0 Å². The third-order valence-corrected chi connectivity index (χ3v) is 3.07. The third kappa shape index (κ3) is 3.39. The van der Waals surface area contributed by atoms with Crippen LogP contribution in [0.2, 0.25) is 0 Å². The first-order chi connectivity index (χ1) is 8.98. The van der Waals surface area contributed by atoms with Crippen molar-refractivity contribution >= 4 is 6.09 Å². The van der Waals surface area contributed by atoms with E-state index in [2.05, 4.69) is 0 Å². The second-order valence-corrected chi connectivity index (χ2v) is 4.43. The maximum atomic E-state index is 12.7. The van der Waals surface area contributed by atoms with Crippen LogP contribution in [-0.4, -0.2) is 29.8 Å². The number of ether oxygens (including phenoxy) is 1. The number of halogens is 3. The number of rotatable bonds is 2. The number of carbonyl (C=O) groups is 1. The lowest BCUT2D eigenvalue weighted by atomic mass is 10.2. The summed E-state index contributed by atoms with van der Waals surface area (Å²) in [7, 11) is 0. The van der Waals surface area contributed by atoms with Gasteiger partial charge in [-0.25, -0.2) is 4.79 Å². The van der Waals surface area contributed by atoms with Crippen LogP contribution in [0, 0.1) is 0 Å². The third-order valence-electron chi connectivity index (χ3n) is 3.07. The highest BCUT2D eigenvalue weighted by atomic mass is 19.4. The van der Waals surface area contributed by atoms with E-state index < -0.39 is 18.3 Å². The normalized spacial score (nSPS) is 19.5. The van der Waals surface area contributed by atoms with Crippen molar-refractivity contribution in [2.75, 3.05) is 6.54 Å². The fourth-order valence-electron chi connectivity index (χ4n) is 2.13. The van der Waals surface area contributed by atoms with Crippen molar-refractivity contribution < 1.29 is 22.7 Å². The molecule has 6 heteroatoms. The topological polar surface area (TPSA) is 29.5 Å². The average molecular weight is 273 g/mol. The van der Waals surface area contributed by atoms with Crippen LogP contribution in [0.25, 0.3) is 0 Å². The summed E-state index contributed by atoms with van der Waals surface area (Å²) < 4.78 is 43.0. The highest BCUT2D eigenvalue weighted by Crippen LogP contribution is 2.32. The van der Waals surface area contributed by atoms with Crippen LogP contribution in [0.4, 0.5) is 18.0 Å². The molecule has 1 aliphatic rings. The molecule has 1 aliphatic heterocycles. The van der Waals surface area contributed by atoms with Crippen LogP contribution in [0.15, 0.2) is 30.3 Å². The predicted molar refractivity (Wildman–Crippen MR) is 62.4 cm³/mol. The number of nitrogens with zero attached hydrogens (tertiary/aromatic N) is 1. The van der Waals surface area contributed by atoms with Gasteiger partial charge in [-0.3, -0.25) is 4.90 Å². The van der Waals surface area contributed by atoms with Gasteiger partial charge in [0.15, 0.2) is 0 Å². The van der Waals surface area contributed by atoms with Crippen molar-refractivity contribution in [1.82, 2.24) is 4.90 Å². The lowest BCUT2D eigenvalue weighted by molar-refractivity contribution is -0.171.